The standard InChI is InChI=1S/C63H33N3OS4/c1-5-16-51-39(10-1)42-24-20-34(30-55(42)68-51)38-29-47(60-45-13-4-8-19-54(45)71-58(60)33-38)35-23-27-49-48(28-35)59-46(14-9-15-50(59)67-49)63-65-61(36-21-25-43-40-11-2-6-17-52(40)69-56(43)31-36)64-62(66-63)37-22-26-44-41-12-3-7-18-53(41)70-57(44)32-37/h1-33H. The van der Waals surface area contributed by atoms with Crippen LogP contribution in [0, 0.1) is 0 Å². The van der Waals surface area contributed by atoms with Crippen molar-refractivity contribution >= 4 is 148 Å². The highest BCUT2D eigenvalue weighted by Crippen LogP contribution is 2.47. The Morgan fingerprint density at radius 2 is 0.718 bits per heavy atom. The molecule has 0 amide bonds. The van der Waals surface area contributed by atoms with Crippen LogP contribution in [0.4, 0.5) is 0 Å². The number of nitrogens with zero attached hydrogens (tertiary/aromatic N) is 3. The first kappa shape index (κ1) is 39.7. The van der Waals surface area contributed by atoms with Gasteiger partial charge in [-0.25, -0.2) is 15.0 Å². The van der Waals surface area contributed by atoms with Gasteiger partial charge in [-0.2, -0.15) is 0 Å². The van der Waals surface area contributed by atoms with Crippen molar-refractivity contribution < 1.29 is 4.42 Å². The fraction of sp³-hybridized carbons (Fsp3) is 0. The zero-order valence-corrected chi connectivity index (χ0v) is 40.7. The largest absolute Gasteiger partial charge is 0.456 e. The molecule has 71 heavy (non-hydrogen) atoms. The van der Waals surface area contributed by atoms with Crippen molar-refractivity contribution in [2.75, 3.05) is 0 Å². The van der Waals surface area contributed by atoms with Gasteiger partial charge in [-0.05, 0) is 95.1 Å². The molecule has 6 heterocycles. The Kier molecular flexibility index (Phi) is 8.50. The molecular weight excluding hydrogens is 943 g/mol. The fourth-order valence-electron chi connectivity index (χ4n) is 10.8. The number of thiophene rings is 4. The molecule has 0 spiro atoms. The highest BCUT2D eigenvalue weighted by Gasteiger charge is 2.22. The molecule has 0 saturated heterocycles. The quantitative estimate of drug-likeness (QED) is 0.172. The van der Waals surface area contributed by atoms with Gasteiger partial charge < -0.3 is 4.42 Å². The second-order valence-corrected chi connectivity index (χ2v) is 22.6. The topological polar surface area (TPSA) is 51.8 Å². The Balaban J connectivity index is 0.901. The van der Waals surface area contributed by atoms with Crippen LogP contribution in [0.15, 0.2) is 205 Å². The van der Waals surface area contributed by atoms with E-state index in [1.54, 1.807) is 22.7 Å². The third-order valence-electron chi connectivity index (χ3n) is 14.1. The van der Waals surface area contributed by atoms with Gasteiger partial charge in [0.05, 0.1) is 0 Å². The van der Waals surface area contributed by atoms with E-state index in [-0.39, 0.29) is 0 Å². The lowest BCUT2D eigenvalue weighted by atomic mass is 9.93. The highest BCUT2D eigenvalue weighted by atomic mass is 32.1. The van der Waals surface area contributed by atoms with Crippen LogP contribution in [-0.4, -0.2) is 15.0 Å². The monoisotopic (exact) mass is 975 g/mol. The lowest BCUT2D eigenvalue weighted by Gasteiger charge is -2.11. The first-order valence-corrected chi connectivity index (χ1v) is 26.8. The molecule has 4 nitrogen and oxygen atoms in total. The molecule has 0 radical (unpaired) electrons. The van der Waals surface area contributed by atoms with Crippen molar-refractivity contribution in [2.24, 2.45) is 0 Å². The number of hydrogen-bond donors (Lipinski definition) is 0. The summed E-state index contributed by atoms with van der Waals surface area (Å²) in [6, 6.07) is 72.6. The van der Waals surface area contributed by atoms with Crippen LogP contribution in [0.1, 0.15) is 0 Å². The summed E-state index contributed by atoms with van der Waals surface area (Å²) in [5.74, 6) is 1.86. The smallest absolute Gasteiger partial charge is 0.164 e. The number of aromatic nitrogens is 3. The number of hydrogen-bond acceptors (Lipinski definition) is 8. The lowest BCUT2D eigenvalue weighted by Crippen LogP contribution is -2.00. The van der Waals surface area contributed by atoms with E-state index in [9.17, 15) is 0 Å². The second-order valence-electron chi connectivity index (χ2n) is 18.2. The molecule has 6 aromatic heterocycles. The number of furan rings is 1. The third-order valence-corrected chi connectivity index (χ3v) is 18.7. The zero-order valence-electron chi connectivity index (χ0n) is 37.4. The molecule has 0 atom stereocenters. The van der Waals surface area contributed by atoms with Crippen LogP contribution in [0.5, 0.6) is 0 Å². The van der Waals surface area contributed by atoms with Crippen LogP contribution in [0.3, 0.4) is 0 Å². The molecule has 0 N–H and O–H groups in total. The molecule has 0 aliphatic carbocycles. The van der Waals surface area contributed by atoms with Gasteiger partial charge >= 0.3 is 0 Å². The summed E-state index contributed by atoms with van der Waals surface area (Å²) in [7, 11) is 0. The normalized spacial score (nSPS) is 12.2. The summed E-state index contributed by atoms with van der Waals surface area (Å²) in [5.41, 5.74) is 9.11. The molecule has 0 aliphatic rings. The van der Waals surface area contributed by atoms with Crippen LogP contribution >= 0.6 is 45.3 Å². The van der Waals surface area contributed by atoms with Crippen LogP contribution in [0.25, 0.3) is 159 Å². The maximum atomic E-state index is 6.73. The summed E-state index contributed by atoms with van der Waals surface area (Å²) in [5, 5.41) is 12.1. The first-order valence-electron chi connectivity index (χ1n) is 23.5. The van der Waals surface area contributed by atoms with Gasteiger partial charge in [-0.15, -0.1) is 45.3 Å². The van der Waals surface area contributed by atoms with E-state index in [2.05, 4.69) is 200 Å². The van der Waals surface area contributed by atoms with E-state index in [0.717, 1.165) is 44.2 Å². The molecule has 16 rings (SSSR count). The molecule has 330 valence electrons. The maximum Gasteiger partial charge on any atom is 0.164 e. The third kappa shape index (κ3) is 6.16. The average Bonchev–Trinajstić information content (AvgIpc) is 4.25. The van der Waals surface area contributed by atoms with E-state index in [1.807, 2.05) is 22.7 Å². The summed E-state index contributed by atoms with van der Waals surface area (Å²) in [6.45, 7) is 0. The zero-order chi connectivity index (χ0) is 46.3. The number of rotatable bonds is 5. The van der Waals surface area contributed by atoms with Crippen molar-refractivity contribution in [1.82, 2.24) is 15.0 Å². The van der Waals surface area contributed by atoms with E-state index in [0.29, 0.717) is 17.5 Å². The van der Waals surface area contributed by atoms with Gasteiger partial charge in [0.1, 0.15) is 11.2 Å². The first-order chi connectivity index (χ1) is 35.1. The van der Waals surface area contributed by atoms with Crippen molar-refractivity contribution in [3.63, 3.8) is 0 Å². The van der Waals surface area contributed by atoms with E-state index in [1.165, 1.54) is 97.4 Å². The minimum atomic E-state index is 0.599. The van der Waals surface area contributed by atoms with E-state index < -0.39 is 0 Å². The molecule has 8 heteroatoms. The second kappa shape index (κ2) is 15.2. The molecule has 0 unspecified atom stereocenters. The lowest BCUT2D eigenvalue weighted by molar-refractivity contribution is 0.669. The predicted molar refractivity (Wildman–Crippen MR) is 306 cm³/mol. The Hall–Kier alpha value is -8.11. The summed E-state index contributed by atoms with van der Waals surface area (Å²) < 4.78 is 16.8. The average molecular weight is 976 g/mol. The molecule has 0 saturated carbocycles. The van der Waals surface area contributed by atoms with Crippen LogP contribution in [-0.2, 0) is 0 Å². The molecule has 0 fully saturated rings. The van der Waals surface area contributed by atoms with Gasteiger partial charge in [-0.1, -0.05) is 127 Å². The summed E-state index contributed by atoms with van der Waals surface area (Å²) >= 11 is 7.32. The maximum absolute atomic E-state index is 6.73. The Labute approximate surface area is 421 Å². The van der Waals surface area contributed by atoms with Gasteiger partial charge in [0, 0.05) is 108 Å². The predicted octanol–water partition coefficient (Wildman–Crippen LogP) is 19.6. The molecule has 0 aliphatic heterocycles. The van der Waals surface area contributed by atoms with Gasteiger partial charge in [-0.3, -0.25) is 0 Å². The Bertz CT molecular complexity index is 4780. The van der Waals surface area contributed by atoms with Gasteiger partial charge in [0.15, 0.2) is 17.5 Å². The van der Waals surface area contributed by atoms with Gasteiger partial charge in [0.2, 0.25) is 0 Å². The summed E-state index contributed by atoms with van der Waals surface area (Å²) in [6.07, 6.45) is 0. The molecular formula is C63H33N3OS4. The minimum absolute atomic E-state index is 0.599. The van der Waals surface area contributed by atoms with Crippen molar-refractivity contribution in [3.05, 3.63) is 200 Å². The SMILES string of the molecule is c1cc(-c2nc(-c3ccc4c(c3)sc3ccccc34)nc(-c3ccc4c(c3)sc3ccccc34)n2)c2c(c1)oc1ccc(-c3cc(-c4ccc5c(c4)sc4ccccc45)cc4sc5ccccc5c34)cc12. The molecule has 0 bridgehead atoms. The Morgan fingerprint density at radius 1 is 0.254 bits per heavy atom. The molecule has 16 aromatic rings. The number of fused-ring (bicyclic) bond motifs is 15. The van der Waals surface area contributed by atoms with Crippen molar-refractivity contribution in [3.8, 4) is 56.4 Å². The van der Waals surface area contributed by atoms with Crippen LogP contribution < -0.4 is 0 Å². The summed E-state index contributed by atoms with van der Waals surface area (Å²) in [4.78, 5) is 16.0. The van der Waals surface area contributed by atoms with Crippen molar-refractivity contribution in [1.29, 1.82) is 0 Å². The Morgan fingerprint density at radius 3 is 1.32 bits per heavy atom. The minimum Gasteiger partial charge on any atom is -0.456 e. The van der Waals surface area contributed by atoms with Crippen LogP contribution in [0.2, 0.25) is 0 Å². The van der Waals surface area contributed by atoms with E-state index >= 15 is 0 Å². The highest BCUT2D eigenvalue weighted by molar-refractivity contribution is 7.27. The fourth-order valence-corrected chi connectivity index (χ4v) is 15.4. The van der Waals surface area contributed by atoms with Gasteiger partial charge in [0.25, 0.3) is 0 Å². The van der Waals surface area contributed by atoms with Crippen molar-refractivity contribution in [2.45, 2.75) is 0 Å². The molecule has 10 aromatic carbocycles. The number of benzene rings is 10. The van der Waals surface area contributed by atoms with E-state index in [4.69, 9.17) is 19.4 Å².